The number of nitrogens with zero attached hydrogens (tertiary/aromatic N) is 3. The lowest BCUT2D eigenvalue weighted by Crippen LogP contribution is -2.47. The molecule has 1 aliphatic rings. The highest BCUT2D eigenvalue weighted by Crippen LogP contribution is 2.22. The minimum atomic E-state index is -0.380. The Balaban J connectivity index is 2.08. The van der Waals surface area contributed by atoms with Crippen LogP contribution in [-0.4, -0.2) is 49.3 Å². The highest BCUT2D eigenvalue weighted by atomic mass is 19.1. The number of benzene rings is 1. The second kappa shape index (κ2) is 5.80. The number of anilines is 1. The molecule has 0 atom stereocenters. The van der Waals surface area contributed by atoms with Gasteiger partial charge in [0.2, 0.25) is 0 Å². The van der Waals surface area contributed by atoms with E-state index >= 15 is 0 Å². The van der Waals surface area contributed by atoms with Crippen LogP contribution in [-0.2, 0) is 0 Å². The number of nitriles is 1. The van der Waals surface area contributed by atoms with Crippen molar-refractivity contribution in [1.29, 1.82) is 5.26 Å². The van der Waals surface area contributed by atoms with Crippen LogP contribution in [0, 0.1) is 17.1 Å². The molecular formula is C13H16FN3O. The van der Waals surface area contributed by atoms with E-state index in [1.165, 1.54) is 12.1 Å². The molecule has 18 heavy (non-hydrogen) atoms. The summed E-state index contributed by atoms with van der Waals surface area (Å²) in [6.07, 6.45) is 0. The molecule has 0 aliphatic carbocycles. The van der Waals surface area contributed by atoms with Crippen molar-refractivity contribution >= 4 is 5.69 Å². The zero-order valence-electron chi connectivity index (χ0n) is 10.1. The summed E-state index contributed by atoms with van der Waals surface area (Å²) in [6, 6.07) is 6.36. The topological polar surface area (TPSA) is 50.5 Å². The van der Waals surface area contributed by atoms with Gasteiger partial charge >= 0.3 is 0 Å². The van der Waals surface area contributed by atoms with E-state index in [0.717, 1.165) is 31.9 Å². The fraction of sp³-hybridized carbons (Fsp3) is 0.462. The van der Waals surface area contributed by atoms with Crippen molar-refractivity contribution in [2.45, 2.75) is 0 Å². The molecule has 0 aromatic heterocycles. The average molecular weight is 249 g/mol. The number of β-amino-alcohol motifs (C(OH)–C–C–N with tert-alkyl or cyclic N) is 1. The van der Waals surface area contributed by atoms with Gasteiger partial charge in [-0.2, -0.15) is 5.26 Å². The summed E-state index contributed by atoms with van der Waals surface area (Å²) < 4.78 is 13.1. The van der Waals surface area contributed by atoms with Gasteiger partial charge in [-0.1, -0.05) is 0 Å². The summed E-state index contributed by atoms with van der Waals surface area (Å²) in [5.41, 5.74) is 1.17. The van der Waals surface area contributed by atoms with E-state index < -0.39 is 0 Å². The first-order valence-corrected chi connectivity index (χ1v) is 6.02. The van der Waals surface area contributed by atoms with Crippen molar-refractivity contribution in [2.75, 3.05) is 44.2 Å². The van der Waals surface area contributed by atoms with Crippen molar-refractivity contribution in [3.8, 4) is 6.07 Å². The van der Waals surface area contributed by atoms with Crippen LogP contribution < -0.4 is 4.90 Å². The zero-order chi connectivity index (χ0) is 13.0. The Morgan fingerprint density at radius 2 is 2.00 bits per heavy atom. The molecule has 5 heteroatoms. The molecule has 0 unspecified atom stereocenters. The third-order valence-corrected chi connectivity index (χ3v) is 3.21. The van der Waals surface area contributed by atoms with E-state index in [9.17, 15) is 4.39 Å². The van der Waals surface area contributed by atoms with Gasteiger partial charge in [0.15, 0.2) is 0 Å². The van der Waals surface area contributed by atoms with Crippen molar-refractivity contribution in [2.24, 2.45) is 0 Å². The van der Waals surface area contributed by atoms with Gasteiger partial charge in [0, 0.05) is 32.7 Å². The summed E-state index contributed by atoms with van der Waals surface area (Å²) in [7, 11) is 0. The largest absolute Gasteiger partial charge is 0.395 e. The fourth-order valence-electron chi connectivity index (χ4n) is 2.23. The molecule has 0 bridgehead atoms. The van der Waals surface area contributed by atoms with Crippen molar-refractivity contribution in [3.05, 3.63) is 29.6 Å². The van der Waals surface area contributed by atoms with E-state index in [4.69, 9.17) is 10.4 Å². The second-order valence-corrected chi connectivity index (χ2v) is 4.33. The normalized spacial score (nSPS) is 16.6. The summed E-state index contributed by atoms with van der Waals surface area (Å²) in [5, 5.41) is 17.9. The standard InChI is InChI=1S/C13H16FN3O/c14-12-1-2-13(11(9-12)10-15)17-5-3-16(4-6-17)7-8-18/h1-2,9,18H,3-8H2. The molecule has 1 aliphatic heterocycles. The number of hydrogen-bond acceptors (Lipinski definition) is 4. The SMILES string of the molecule is N#Cc1cc(F)ccc1N1CCN(CCO)CC1. The maximum Gasteiger partial charge on any atom is 0.124 e. The van der Waals surface area contributed by atoms with Crippen LogP contribution in [0.5, 0.6) is 0 Å². The molecule has 1 aromatic rings. The number of rotatable bonds is 3. The first-order valence-electron chi connectivity index (χ1n) is 6.02. The van der Waals surface area contributed by atoms with Gasteiger partial charge in [0.25, 0.3) is 0 Å². The van der Waals surface area contributed by atoms with Crippen LogP contribution in [0.15, 0.2) is 18.2 Å². The zero-order valence-corrected chi connectivity index (χ0v) is 10.1. The van der Waals surface area contributed by atoms with Crippen LogP contribution >= 0.6 is 0 Å². The molecule has 1 heterocycles. The fourth-order valence-corrected chi connectivity index (χ4v) is 2.23. The molecule has 2 rings (SSSR count). The second-order valence-electron chi connectivity index (χ2n) is 4.33. The first-order chi connectivity index (χ1) is 8.74. The molecule has 0 amide bonds. The van der Waals surface area contributed by atoms with Crippen LogP contribution in [0.4, 0.5) is 10.1 Å². The Bertz CT molecular complexity index is 450. The molecule has 96 valence electrons. The van der Waals surface area contributed by atoms with Gasteiger partial charge < -0.3 is 10.0 Å². The van der Waals surface area contributed by atoms with E-state index in [0.29, 0.717) is 12.1 Å². The third kappa shape index (κ3) is 2.78. The minimum Gasteiger partial charge on any atom is -0.395 e. The number of hydrogen-bond donors (Lipinski definition) is 1. The molecule has 0 spiro atoms. The third-order valence-electron chi connectivity index (χ3n) is 3.21. The van der Waals surface area contributed by atoms with Crippen molar-refractivity contribution in [1.82, 2.24) is 4.90 Å². The highest BCUT2D eigenvalue weighted by molar-refractivity contribution is 5.59. The molecule has 0 radical (unpaired) electrons. The molecular weight excluding hydrogens is 233 g/mol. The monoisotopic (exact) mass is 249 g/mol. The lowest BCUT2D eigenvalue weighted by molar-refractivity contribution is 0.189. The maximum atomic E-state index is 13.1. The summed E-state index contributed by atoms with van der Waals surface area (Å²) in [4.78, 5) is 4.26. The van der Waals surface area contributed by atoms with E-state index in [1.54, 1.807) is 6.07 Å². The average Bonchev–Trinajstić information content (AvgIpc) is 2.40. The Morgan fingerprint density at radius 3 is 2.61 bits per heavy atom. The molecule has 1 N–H and O–H groups in total. The Labute approximate surface area is 106 Å². The van der Waals surface area contributed by atoms with Crippen molar-refractivity contribution in [3.63, 3.8) is 0 Å². The predicted molar refractivity (Wildman–Crippen MR) is 66.9 cm³/mol. The van der Waals surface area contributed by atoms with Crippen LogP contribution in [0.3, 0.4) is 0 Å². The quantitative estimate of drug-likeness (QED) is 0.861. The molecule has 0 saturated carbocycles. The van der Waals surface area contributed by atoms with E-state index in [2.05, 4.69) is 9.80 Å². The van der Waals surface area contributed by atoms with Crippen LogP contribution in [0.2, 0.25) is 0 Å². The lowest BCUT2D eigenvalue weighted by atomic mass is 10.1. The van der Waals surface area contributed by atoms with Gasteiger partial charge in [-0.25, -0.2) is 4.39 Å². The van der Waals surface area contributed by atoms with Gasteiger partial charge in [0.05, 0.1) is 17.9 Å². The lowest BCUT2D eigenvalue weighted by Gasteiger charge is -2.36. The van der Waals surface area contributed by atoms with Gasteiger partial charge in [-0.3, -0.25) is 4.90 Å². The number of piperazine rings is 1. The maximum absolute atomic E-state index is 13.1. The highest BCUT2D eigenvalue weighted by Gasteiger charge is 2.18. The van der Waals surface area contributed by atoms with Crippen LogP contribution in [0.25, 0.3) is 0 Å². The molecule has 1 fully saturated rings. The Kier molecular flexibility index (Phi) is 4.13. The van der Waals surface area contributed by atoms with E-state index in [-0.39, 0.29) is 12.4 Å². The summed E-state index contributed by atoms with van der Waals surface area (Å²) in [6.45, 7) is 4.13. The smallest absolute Gasteiger partial charge is 0.124 e. The number of aliphatic hydroxyl groups is 1. The van der Waals surface area contributed by atoms with Gasteiger partial charge in [-0.05, 0) is 18.2 Å². The summed E-state index contributed by atoms with van der Waals surface area (Å²) >= 11 is 0. The number of aliphatic hydroxyl groups excluding tert-OH is 1. The Hall–Kier alpha value is -1.64. The van der Waals surface area contributed by atoms with Gasteiger partial charge in [0.1, 0.15) is 11.9 Å². The van der Waals surface area contributed by atoms with Crippen molar-refractivity contribution < 1.29 is 9.50 Å². The minimum absolute atomic E-state index is 0.167. The molecule has 1 saturated heterocycles. The predicted octanol–water partition coefficient (Wildman–Crippen LogP) is 0.812. The summed E-state index contributed by atoms with van der Waals surface area (Å²) in [5.74, 6) is -0.380. The van der Waals surface area contributed by atoms with E-state index in [1.807, 2.05) is 6.07 Å². The molecule has 1 aromatic carbocycles. The molecule has 4 nitrogen and oxygen atoms in total. The first kappa shape index (κ1) is 12.8. The Morgan fingerprint density at radius 1 is 1.28 bits per heavy atom. The van der Waals surface area contributed by atoms with Gasteiger partial charge in [-0.15, -0.1) is 0 Å². The number of halogens is 1. The van der Waals surface area contributed by atoms with Crippen LogP contribution in [0.1, 0.15) is 5.56 Å².